The van der Waals surface area contributed by atoms with Crippen molar-refractivity contribution in [3.8, 4) is 17.0 Å². The predicted molar refractivity (Wildman–Crippen MR) is 66.5 cm³/mol. The number of benzene rings is 1. The standard InChI is InChI=1S/C13H14FN3O/c1-2-18-13-7-9(14)3-5-11(13)12-6-4-10(8-15)16-17-12/h3-7H,2,8,15H2,1H3. The van der Waals surface area contributed by atoms with E-state index in [4.69, 9.17) is 10.5 Å². The van der Waals surface area contributed by atoms with Crippen molar-refractivity contribution in [1.82, 2.24) is 10.2 Å². The monoisotopic (exact) mass is 247 g/mol. The minimum atomic E-state index is -0.339. The van der Waals surface area contributed by atoms with Crippen LogP contribution < -0.4 is 10.5 Å². The minimum absolute atomic E-state index is 0.339. The first-order valence-corrected chi connectivity index (χ1v) is 5.70. The predicted octanol–water partition coefficient (Wildman–Crippen LogP) is 2.14. The van der Waals surface area contributed by atoms with E-state index in [1.165, 1.54) is 12.1 Å². The third kappa shape index (κ3) is 2.62. The Morgan fingerprint density at radius 2 is 2.06 bits per heavy atom. The van der Waals surface area contributed by atoms with Gasteiger partial charge in [-0.25, -0.2) is 4.39 Å². The molecule has 0 radical (unpaired) electrons. The molecule has 0 fully saturated rings. The Morgan fingerprint density at radius 3 is 2.67 bits per heavy atom. The second-order valence-electron chi connectivity index (χ2n) is 3.69. The molecule has 0 atom stereocenters. The van der Waals surface area contributed by atoms with Crippen molar-refractivity contribution in [3.63, 3.8) is 0 Å². The van der Waals surface area contributed by atoms with Crippen LogP contribution >= 0.6 is 0 Å². The van der Waals surface area contributed by atoms with Gasteiger partial charge < -0.3 is 10.5 Å². The highest BCUT2D eigenvalue weighted by Gasteiger charge is 2.09. The summed E-state index contributed by atoms with van der Waals surface area (Å²) in [5.41, 5.74) is 7.52. The highest BCUT2D eigenvalue weighted by molar-refractivity contribution is 5.66. The zero-order chi connectivity index (χ0) is 13.0. The second kappa shape index (κ2) is 5.55. The number of hydrogen-bond donors (Lipinski definition) is 1. The normalized spacial score (nSPS) is 10.4. The molecule has 0 bridgehead atoms. The van der Waals surface area contributed by atoms with Crippen LogP contribution in [0.15, 0.2) is 30.3 Å². The van der Waals surface area contributed by atoms with E-state index >= 15 is 0 Å². The van der Waals surface area contributed by atoms with Crippen molar-refractivity contribution < 1.29 is 9.13 Å². The Labute approximate surface area is 105 Å². The fraction of sp³-hybridized carbons (Fsp3) is 0.231. The molecule has 2 rings (SSSR count). The van der Waals surface area contributed by atoms with Crippen molar-refractivity contribution in [1.29, 1.82) is 0 Å². The van der Waals surface area contributed by atoms with Crippen LogP contribution in [0.5, 0.6) is 5.75 Å². The van der Waals surface area contributed by atoms with E-state index in [0.717, 1.165) is 0 Å². The molecule has 5 heteroatoms. The van der Waals surface area contributed by atoms with Gasteiger partial charge in [0.2, 0.25) is 0 Å². The maximum atomic E-state index is 13.2. The zero-order valence-electron chi connectivity index (χ0n) is 10.1. The van der Waals surface area contributed by atoms with Crippen molar-refractivity contribution >= 4 is 0 Å². The van der Waals surface area contributed by atoms with Crippen LogP contribution in [0.25, 0.3) is 11.3 Å². The van der Waals surface area contributed by atoms with Gasteiger partial charge in [-0.1, -0.05) is 0 Å². The van der Waals surface area contributed by atoms with Gasteiger partial charge in [0.1, 0.15) is 11.6 Å². The van der Waals surface area contributed by atoms with Gasteiger partial charge in [0, 0.05) is 18.2 Å². The third-order valence-corrected chi connectivity index (χ3v) is 2.45. The van der Waals surface area contributed by atoms with E-state index in [-0.39, 0.29) is 5.82 Å². The molecule has 0 spiro atoms. The average molecular weight is 247 g/mol. The number of ether oxygens (including phenoxy) is 1. The first kappa shape index (κ1) is 12.4. The van der Waals surface area contributed by atoms with E-state index in [1.807, 2.05) is 6.92 Å². The largest absolute Gasteiger partial charge is 0.493 e. The van der Waals surface area contributed by atoms with E-state index in [9.17, 15) is 4.39 Å². The summed E-state index contributed by atoms with van der Waals surface area (Å²) in [4.78, 5) is 0. The highest BCUT2D eigenvalue weighted by Crippen LogP contribution is 2.29. The van der Waals surface area contributed by atoms with Crippen LogP contribution in [0, 0.1) is 5.82 Å². The summed E-state index contributed by atoms with van der Waals surface area (Å²) in [7, 11) is 0. The zero-order valence-corrected chi connectivity index (χ0v) is 10.1. The Hall–Kier alpha value is -2.01. The van der Waals surface area contributed by atoms with Crippen LogP contribution in [0.4, 0.5) is 4.39 Å². The number of nitrogens with zero attached hydrogens (tertiary/aromatic N) is 2. The number of aromatic nitrogens is 2. The smallest absolute Gasteiger partial charge is 0.131 e. The molecular weight excluding hydrogens is 233 g/mol. The number of nitrogens with two attached hydrogens (primary N) is 1. The van der Waals surface area contributed by atoms with E-state index in [0.29, 0.717) is 35.9 Å². The Morgan fingerprint density at radius 1 is 1.22 bits per heavy atom. The molecule has 0 aliphatic rings. The van der Waals surface area contributed by atoms with Crippen molar-refractivity contribution in [2.45, 2.75) is 13.5 Å². The van der Waals surface area contributed by atoms with Crippen LogP contribution in [-0.4, -0.2) is 16.8 Å². The first-order chi connectivity index (χ1) is 8.74. The fourth-order valence-corrected chi connectivity index (χ4v) is 1.60. The van der Waals surface area contributed by atoms with Crippen molar-refractivity contribution in [2.75, 3.05) is 6.61 Å². The molecule has 1 aromatic carbocycles. The summed E-state index contributed by atoms with van der Waals surface area (Å²) in [6.45, 7) is 2.65. The molecule has 4 nitrogen and oxygen atoms in total. The van der Waals surface area contributed by atoms with Crippen LogP contribution in [0.2, 0.25) is 0 Å². The van der Waals surface area contributed by atoms with Crippen molar-refractivity contribution in [2.24, 2.45) is 5.73 Å². The SMILES string of the molecule is CCOc1cc(F)ccc1-c1ccc(CN)nn1. The lowest BCUT2D eigenvalue weighted by Gasteiger charge is -2.09. The Kier molecular flexibility index (Phi) is 3.84. The van der Waals surface area contributed by atoms with Gasteiger partial charge in [-0.3, -0.25) is 0 Å². The molecular formula is C13H14FN3O. The summed E-state index contributed by atoms with van der Waals surface area (Å²) in [5.74, 6) is 0.126. The molecule has 0 amide bonds. The van der Waals surface area contributed by atoms with Crippen LogP contribution in [0.3, 0.4) is 0 Å². The molecule has 0 saturated carbocycles. The lowest BCUT2D eigenvalue weighted by Crippen LogP contribution is -2.02. The lowest BCUT2D eigenvalue weighted by molar-refractivity contribution is 0.339. The van der Waals surface area contributed by atoms with Gasteiger partial charge in [0.25, 0.3) is 0 Å². The molecule has 94 valence electrons. The molecule has 0 aliphatic carbocycles. The number of rotatable bonds is 4. The summed E-state index contributed by atoms with van der Waals surface area (Å²) < 4.78 is 18.6. The van der Waals surface area contributed by atoms with E-state index < -0.39 is 0 Å². The molecule has 0 unspecified atom stereocenters. The Balaban J connectivity index is 2.41. The molecule has 2 aromatic rings. The van der Waals surface area contributed by atoms with Gasteiger partial charge in [0.05, 0.1) is 18.0 Å². The summed E-state index contributed by atoms with van der Waals surface area (Å²) in [6.07, 6.45) is 0. The average Bonchev–Trinajstić information content (AvgIpc) is 2.40. The molecule has 2 N–H and O–H groups in total. The molecule has 18 heavy (non-hydrogen) atoms. The Bertz CT molecular complexity index is 528. The minimum Gasteiger partial charge on any atom is -0.493 e. The third-order valence-electron chi connectivity index (χ3n) is 2.45. The van der Waals surface area contributed by atoms with Crippen molar-refractivity contribution in [3.05, 3.63) is 41.8 Å². The molecule has 1 aromatic heterocycles. The molecule has 0 aliphatic heterocycles. The maximum absolute atomic E-state index is 13.2. The molecule has 0 saturated heterocycles. The summed E-state index contributed by atoms with van der Waals surface area (Å²) in [5, 5.41) is 8.03. The fourth-order valence-electron chi connectivity index (χ4n) is 1.60. The number of halogens is 1. The summed E-state index contributed by atoms with van der Waals surface area (Å²) in [6, 6.07) is 7.94. The topological polar surface area (TPSA) is 61.0 Å². The van der Waals surface area contributed by atoms with E-state index in [2.05, 4.69) is 10.2 Å². The maximum Gasteiger partial charge on any atom is 0.131 e. The van der Waals surface area contributed by atoms with E-state index in [1.54, 1.807) is 18.2 Å². The lowest BCUT2D eigenvalue weighted by atomic mass is 10.1. The van der Waals surface area contributed by atoms with Gasteiger partial charge in [-0.05, 0) is 31.2 Å². The quantitative estimate of drug-likeness (QED) is 0.899. The summed E-state index contributed by atoms with van der Waals surface area (Å²) >= 11 is 0. The molecule has 1 heterocycles. The van der Waals surface area contributed by atoms with Gasteiger partial charge >= 0.3 is 0 Å². The highest BCUT2D eigenvalue weighted by atomic mass is 19.1. The number of hydrogen-bond acceptors (Lipinski definition) is 4. The first-order valence-electron chi connectivity index (χ1n) is 5.70. The second-order valence-corrected chi connectivity index (χ2v) is 3.69. The van der Waals surface area contributed by atoms with Gasteiger partial charge in [-0.15, -0.1) is 0 Å². The van der Waals surface area contributed by atoms with Gasteiger partial charge in [-0.2, -0.15) is 10.2 Å². The van der Waals surface area contributed by atoms with Crippen LogP contribution in [-0.2, 0) is 6.54 Å². The van der Waals surface area contributed by atoms with Gasteiger partial charge in [0.15, 0.2) is 0 Å². The van der Waals surface area contributed by atoms with Crippen LogP contribution in [0.1, 0.15) is 12.6 Å².